The summed E-state index contributed by atoms with van der Waals surface area (Å²) in [5, 5.41) is 14.2. The molecule has 1 rings (SSSR count). The number of benzene rings is 1. The van der Waals surface area contributed by atoms with E-state index in [4.69, 9.17) is 9.84 Å². The SMILES string of the molecule is COc1ccc(NC(=O)NC(C(=O)O)C(C)(C)C)cc1. The Hall–Kier alpha value is -2.24. The second-order valence-electron chi connectivity index (χ2n) is 5.46. The second kappa shape index (κ2) is 6.27. The van der Waals surface area contributed by atoms with Gasteiger partial charge in [0.2, 0.25) is 0 Å². The molecule has 110 valence electrons. The number of amides is 2. The number of urea groups is 1. The quantitative estimate of drug-likeness (QED) is 0.789. The van der Waals surface area contributed by atoms with Crippen LogP contribution in [0.5, 0.6) is 5.75 Å². The zero-order chi connectivity index (χ0) is 15.3. The van der Waals surface area contributed by atoms with Crippen LogP contribution < -0.4 is 15.4 Å². The molecule has 0 saturated carbocycles. The molecule has 6 heteroatoms. The topological polar surface area (TPSA) is 87.7 Å². The molecule has 0 fully saturated rings. The van der Waals surface area contributed by atoms with Gasteiger partial charge in [0.15, 0.2) is 0 Å². The lowest BCUT2D eigenvalue weighted by Crippen LogP contribution is -2.50. The van der Waals surface area contributed by atoms with Crippen LogP contribution in [-0.4, -0.2) is 30.3 Å². The molecule has 0 heterocycles. The monoisotopic (exact) mass is 280 g/mol. The second-order valence-corrected chi connectivity index (χ2v) is 5.46. The molecule has 0 spiro atoms. The first-order valence-electron chi connectivity index (χ1n) is 6.18. The Bertz CT molecular complexity index is 477. The number of anilines is 1. The Morgan fingerprint density at radius 2 is 1.75 bits per heavy atom. The van der Waals surface area contributed by atoms with E-state index in [1.54, 1.807) is 52.1 Å². The third-order valence-corrected chi connectivity index (χ3v) is 2.74. The van der Waals surface area contributed by atoms with Gasteiger partial charge < -0.3 is 20.5 Å². The summed E-state index contributed by atoms with van der Waals surface area (Å²) in [6.07, 6.45) is 0. The maximum Gasteiger partial charge on any atom is 0.326 e. The summed E-state index contributed by atoms with van der Waals surface area (Å²) in [5.41, 5.74) is -0.0235. The van der Waals surface area contributed by atoms with Gasteiger partial charge in [0.25, 0.3) is 0 Å². The van der Waals surface area contributed by atoms with Crippen LogP contribution >= 0.6 is 0 Å². The predicted octanol–water partition coefficient (Wildman–Crippen LogP) is 2.32. The molecule has 0 bridgehead atoms. The highest BCUT2D eigenvalue weighted by Gasteiger charge is 2.32. The molecule has 1 atom stereocenters. The lowest BCUT2D eigenvalue weighted by atomic mass is 9.87. The maximum atomic E-state index is 11.8. The Labute approximate surface area is 118 Å². The van der Waals surface area contributed by atoms with Crippen molar-refractivity contribution in [2.24, 2.45) is 5.41 Å². The van der Waals surface area contributed by atoms with E-state index in [0.717, 1.165) is 0 Å². The van der Waals surface area contributed by atoms with Crippen LogP contribution in [0.1, 0.15) is 20.8 Å². The van der Waals surface area contributed by atoms with E-state index < -0.39 is 23.5 Å². The third kappa shape index (κ3) is 4.46. The first-order valence-corrected chi connectivity index (χ1v) is 6.18. The summed E-state index contributed by atoms with van der Waals surface area (Å²) < 4.78 is 5.01. The van der Waals surface area contributed by atoms with E-state index in [1.807, 2.05) is 0 Å². The van der Waals surface area contributed by atoms with Crippen molar-refractivity contribution >= 4 is 17.7 Å². The maximum absolute atomic E-state index is 11.8. The Kier molecular flexibility index (Phi) is 4.96. The smallest absolute Gasteiger partial charge is 0.326 e. The van der Waals surface area contributed by atoms with E-state index in [9.17, 15) is 9.59 Å². The van der Waals surface area contributed by atoms with Crippen molar-refractivity contribution < 1.29 is 19.4 Å². The molecule has 0 aliphatic rings. The molecule has 1 aromatic carbocycles. The standard InChI is InChI=1S/C14H20N2O4/c1-14(2,3)11(12(17)18)16-13(19)15-9-5-7-10(20-4)8-6-9/h5-8,11H,1-4H3,(H,17,18)(H2,15,16,19). The lowest BCUT2D eigenvalue weighted by molar-refractivity contribution is -0.141. The van der Waals surface area contributed by atoms with Gasteiger partial charge in [-0.3, -0.25) is 0 Å². The summed E-state index contributed by atoms with van der Waals surface area (Å²) in [5.74, 6) is -0.392. The van der Waals surface area contributed by atoms with Gasteiger partial charge in [-0.1, -0.05) is 20.8 Å². The van der Waals surface area contributed by atoms with Crippen LogP contribution in [0.2, 0.25) is 0 Å². The average Bonchev–Trinajstić information content (AvgIpc) is 2.35. The average molecular weight is 280 g/mol. The molecule has 20 heavy (non-hydrogen) atoms. The largest absolute Gasteiger partial charge is 0.497 e. The van der Waals surface area contributed by atoms with Gasteiger partial charge in [-0.2, -0.15) is 0 Å². The van der Waals surface area contributed by atoms with E-state index >= 15 is 0 Å². The fourth-order valence-corrected chi connectivity index (χ4v) is 1.62. The van der Waals surface area contributed by atoms with E-state index in [2.05, 4.69) is 10.6 Å². The van der Waals surface area contributed by atoms with Gasteiger partial charge in [-0.15, -0.1) is 0 Å². The minimum Gasteiger partial charge on any atom is -0.497 e. The fourth-order valence-electron chi connectivity index (χ4n) is 1.62. The molecule has 0 aromatic heterocycles. The molecule has 3 N–H and O–H groups in total. The predicted molar refractivity (Wildman–Crippen MR) is 76.0 cm³/mol. The number of ether oxygens (including phenoxy) is 1. The van der Waals surface area contributed by atoms with Crippen molar-refractivity contribution in [2.45, 2.75) is 26.8 Å². The van der Waals surface area contributed by atoms with Crippen molar-refractivity contribution in [3.8, 4) is 5.75 Å². The van der Waals surface area contributed by atoms with Gasteiger partial charge in [-0.05, 0) is 29.7 Å². The highest BCUT2D eigenvalue weighted by molar-refractivity contribution is 5.92. The summed E-state index contributed by atoms with van der Waals surface area (Å²) in [6.45, 7) is 5.25. The fraction of sp³-hybridized carbons (Fsp3) is 0.429. The van der Waals surface area contributed by atoms with E-state index in [1.165, 1.54) is 0 Å². The first-order chi connectivity index (χ1) is 9.24. The highest BCUT2D eigenvalue weighted by Crippen LogP contribution is 2.20. The molecular weight excluding hydrogens is 260 g/mol. The van der Waals surface area contributed by atoms with E-state index in [0.29, 0.717) is 11.4 Å². The lowest BCUT2D eigenvalue weighted by Gasteiger charge is -2.27. The van der Waals surface area contributed by atoms with Gasteiger partial charge in [0, 0.05) is 5.69 Å². The zero-order valence-electron chi connectivity index (χ0n) is 12.1. The number of carbonyl (C=O) groups excluding carboxylic acids is 1. The number of carbonyl (C=O) groups is 2. The number of methoxy groups -OCH3 is 1. The number of hydrogen-bond donors (Lipinski definition) is 3. The van der Waals surface area contributed by atoms with Crippen LogP contribution in [-0.2, 0) is 4.79 Å². The van der Waals surface area contributed by atoms with Gasteiger partial charge in [0.05, 0.1) is 7.11 Å². The Balaban J connectivity index is 2.68. The van der Waals surface area contributed by atoms with Crippen LogP contribution in [0.25, 0.3) is 0 Å². The van der Waals surface area contributed by atoms with Crippen LogP contribution in [0.15, 0.2) is 24.3 Å². The molecule has 1 aromatic rings. The number of hydrogen-bond acceptors (Lipinski definition) is 3. The Morgan fingerprint density at radius 3 is 2.15 bits per heavy atom. The molecular formula is C14H20N2O4. The van der Waals surface area contributed by atoms with Crippen LogP contribution in [0, 0.1) is 5.41 Å². The van der Waals surface area contributed by atoms with Gasteiger partial charge in [-0.25, -0.2) is 9.59 Å². The summed E-state index contributed by atoms with van der Waals surface area (Å²) in [7, 11) is 1.55. The number of carboxylic acids is 1. The van der Waals surface area contributed by atoms with Gasteiger partial charge in [0.1, 0.15) is 11.8 Å². The van der Waals surface area contributed by atoms with Crippen molar-refractivity contribution in [3.63, 3.8) is 0 Å². The first kappa shape index (κ1) is 15.8. The number of aliphatic carboxylic acids is 1. The van der Waals surface area contributed by atoms with Crippen molar-refractivity contribution in [1.29, 1.82) is 0 Å². The highest BCUT2D eigenvalue weighted by atomic mass is 16.5. The molecule has 0 aliphatic heterocycles. The van der Waals surface area contributed by atoms with Gasteiger partial charge >= 0.3 is 12.0 Å². The summed E-state index contributed by atoms with van der Waals surface area (Å²) >= 11 is 0. The Morgan fingerprint density at radius 1 is 1.20 bits per heavy atom. The normalized spacial score (nSPS) is 12.4. The van der Waals surface area contributed by atoms with Crippen molar-refractivity contribution in [3.05, 3.63) is 24.3 Å². The van der Waals surface area contributed by atoms with Crippen LogP contribution in [0.3, 0.4) is 0 Å². The summed E-state index contributed by atoms with van der Waals surface area (Å²) in [4.78, 5) is 23.0. The van der Waals surface area contributed by atoms with E-state index in [-0.39, 0.29) is 0 Å². The zero-order valence-corrected chi connectivity index (χ0v) is 12.1. The molecule has 1 unspecified atom stereocenters. The molecule has 0 radical (unpaired) electrons. The van der Waals surface area contributed by atoms with Crippen molar-refractivity contribution in [2.75, 3.05) is 12.4 Å². The third-order valence-electron chi connectivity index (χ3n) is 2.74. The number of nitrogens with one attached hydrogen (secondary N) is 2. The molecule has 6 nitrogen and oxygen atoms in total. The molecule has 2 amide bonds. The molecule has 0 aliphatic carbocycles. The number of rotatable bonds is 4. The number of carboxylic acid groups (broad SMARTS) is 1. The van der Waals surface area contributed by atoms with Crippen molar-refractivity contribution in [1.82, 2.24) is 5.32 Å². The summed E-state index contributed by atoms with van der Waals surface area (Å²) in [6, 6.07) is 5.22. The minimum atomic E-state index is -1.07. The minimum absolute atomic E-state index is 0.557. The van der Waals surface area contributed by atoms with Crippen LogP contribution in [0.4, 0.5) is 10.5 Å². The molecule has 0 saturated heterocycles.